The maximum Gasteiger partial charge on any atom is 0.304 e. The number of halogens is 3. The van der Waals surface area contributed by atoms with E-state index in [2.05, 4.69) is 0 Å². The second-order valence-corrected chi connectivity index (χ2v) is 3.10. The number of aliphatic hydroxyl groups is 2. The molecule has 0 aromatic rings. The van der Waals surface area contributed by atoms with Crippen molar-refractivity contribution in [3.8, 4) is 0 Å². The Hall–Kier alpha value is -0.530. The van der Waals surface area contributed by atoms with E-state index in [9.17, 15) is 18.9 Å². The fourth-order valence-electron chi connectivity index (χ4n) is 0.897. The van der Waals surface area contributed by atoms with Gasteiger partial charge in [-0.15, -0.1) is 11.6 Å². The molecular weight excluding hydrogens is 224 g/mol. The van der Waals surface area contributed by atoms with E-state index in [-0.39, 0.29) is 0 Å². The lowest BCUT2D eigenvalue weighted by atomic mass is 9.85. The van der Waals surface area contributed by atoms with Crippen molar-refractivity contribution in [3.05, 3.63) is 10.1 Å². The highest BCUT2D eigenvalue weighted by molar-refractivity contribution is 6.18. The molecule has 0 aliphatic rings. The molecule has 0 amide bonds. The molecule has 1 unspecified atom stereocenters. The van der Waals surface area contributed by atoms with E-state index in [4.69, 9.17) is 21.8 Å². The molecule has 14 heavy (non-hydrogen) atoms. The molecule has 2 N–H and O–H groups in total. The first kappa shape index (κ1) is 13.5. The Morgan fingerprint density at radius 1 is 1.43 bits per heavy atom. The first-order valence-electron chi connectivity index (χ1n) is 3.61. The summed E-state index contributed by atoms with van der Waals surface area (Å²) in [5, 5.41) is 27.8. The maximum absolute atomic E-state index is 13.6. The smallest absolute Gasteiger partial charge is 0.304 e. The summed E-state index contributed by atoms with van der Waals surface area (Å²) in [5.41, 5.74) is -5.88. The Morgan fingerprint density at radius 3 is 1.93 bits per heavy atom. The summed E-state index contributed by atoms with van der Waals surface area (Å²) in [6.45, 7) is -4.41. The van der Waals surface area contributed by atoms with Gasteiger partial charge in [0.05, 0.1) is 5.88 Å². The number of rotatable bonds is 6. The second-order valence-electron chi connectivity index (χ2n) is 2.84. The summed E-state index contributed by atoms with van der Waals surface area (Å²) in [7, 11) is 0. The zero-order valence-corrected chi connectivity index (χ0v) is 7.88. The van der Waals surface area contributed by atoms with Crippen molar-refractivity contribution in [3.63, 3.8) is 0 Å². The molecule has 5 nitrogen and oxygen atoms in total. The zero-order valence-electron chi connectivity index (χ0n) is 7.12. The van der Waals surface area contributed by atoms with Crippen LogP contribution in [0.15, 0.2) is 0 Å². The minimum absolute atomic E-state index is 1.02. The lowest BCUT2D eigenvalue weighted by Gasteiger charge is -2.32. The van der Waals surface area contributed by atoms with E-state index >= 15 is 0 Å². The topological polar surface area (TPSA) is 83.6 Å². The van der Waals surface area contributed by atoms with Gasteiger partial charge >= 0.3 is 5.54 Å². The molecule has 0 aliphatic carbocycles. The molecule has 0 spiro atoms. The number of nitro groups is 1. The molecule has 0 saturated heterocycles. The van der Waals surface area contributed by atoms with Crippen molar-refractivity contribution >= 4 is 11.6 Å². The van der Waals surface area contributed by atoms with Crippen molar-refractivity contribution in [2.45, 2.75) is 11.2 Å². The van der Waals surface area contributed by atoms with E-state index in [0.717, 1.165) is 0 Å². The van der Waals surface area contributed by atoms with Crippen LogP contribution in [0.4, 0.5) is 8.78 Å². The Balaban J connectivity index is 5.25. The quantitative estimate of drug-likeness (QED) is 0.381. The highest BCUT2D eigenvalue weighted by Gasteiger charge is 2.62. The van der Waals surface area contributed by atoms with Crippen molar-refractivity contribution in [2.24, 2.45) is 0 Å². The molecule has 8 heteroatoms. The van der Waals surface area contributed by atoms with E-state index in [1.807, 2.05) is 0 Å². The van der Waals surface area contributed by atoms with E-state index in [0.29, 0.717) is 0 Å². The van der Waals surface area contributed by atoms with Gasteiger partial charge in [0.25, 0.3) is 0 Å². The van der Waals surface area contributed by atoms with Crippen LogP contribution in [0.5, 0.6) is 0 Å². The first-order chi connectivity index (χ1) is 6.44. The average molecular weight is 234 g/mol. The van der Waals surface area contributed by atoms with Crippen LogP contribution in [-0.4, -0.2) is 52.1 Å². The van der Waals surface area contributed by atoms with Crippen molar-refractivity contribution in [1.82, 2.24) is 0 Å². The van der Waals surface area contributed by atoms with E-state index in [1.54, 1.807) is 0 Å². The number of aliphatic hydroxyl groups excluding tert-OH is 2. The van der Waals surface area contributed by atoms with Crippen LogP contribution in [0.1, 0.15) is 0 Å². The van der Waals surface area contributed by atoms with Gasteiger partial charge in [-0.3, -0.25) is 10.1 Å². The fourth-order valence-corrected chi connectivity index (χ4v) is 1.22. The SMILES string of the molecule is O=[N+]([O-])C(CO)(CO)C(F)(CF)CCl. The normalized spacial score (nSPS) is 16.4. The molecule has 84 valence electrons. The summed E-state index contributed by atoms with van der Waals surface area (Å²) >= 11 is 5.05. The standard InChI is InChI=1S/C6H10ClF2NO4/c7-1-5(9,2-8)6(3-11,4-12)10(13)14/h11-12H,1-4H2. The summed E-state index contributed by atoms with van der Waals surface area (Å²) in [5.74, 6) is -1.02. The van der Waals surface area contributed by atoms with Gasteiger partial charge in [-0.05, 0) is 0 Å². The molecule has 0 fully saturated rings. The number of hydrogen-bond acceptors (Lipinski definition) is 4. The third-order valence-electron chi connectivity index (χ3n) is 2.13. The lowest BCUT2D eigenvalue weighted by Crippen LogP contribution is -2.64. The molecule has 0 radical (unpaired) electrons. The van der Waals surface area contributed by atoms with Gasteiger partial charge in [0.15, 0.2) is 0 Å². The van der Waals surface area contributed by atoms with Gasteiger partial charge in [-0.1, -0.05) is 0 Å². The molecule has 0 bridgehead atoms. The third kappa shape index (κ3) is 1.79. The highest BCUT2D eigenvalue weighted by atomic mass is 35.5. The van der Waals surface area contributed by atoms with Crippen LogP contribution in [0.25, 0.3) is 0 Å². The second kappa shape index (κ2) is 4.81. The van der Waals surface area contributed by atoms with E-state index in [1.165, 1.54) is 0 Å². The van der Waals surface area contributed by atoms with Crippen molar-refractivity contribution < 1.29 is 23.9 Å². The summed E-state index contributed by atoms with van der Waals surface area (Å²) in [4.78, 5) is 9.21. The Kier molecular flexibility index (Phi) is 4.63. The monoisotopic (exact) mass is 233 g/mol. The highest BCUT2D eigenvalue weighted by Crippen LogP contribution is 2.31. The number of hydrogen-bond donors (Lipinski definition) is 2. The largest absolute Gasteiger partial charge is 0.389 e. The predicted molar refractivity (Wildman–Crippen MR) is 44.4 cm³/mol. The molecule has 0 aromatic carbocycles. The van der Waals surface area contributed by atoms with Crippen LogP contribution in [0.2, 0.25) is 0 Å². The Labute approximate surface area is 83.4 Å². The van der Waals surface area contributed by atoms with Gasteiger partial charge in [0, 0.05) is 4.92 Å². The molecule has 1 atom stereocenters. The minimum Gasteiger partial charge on any atom is -0.389 e. The minimum atomic E-state index is -3.08. The summed E-state index contributed by atoms with van der Waals surface area (Å²) < 4.78 is 25.8. The number of alkyl halides is 3. The zero-order chi connectivity index (χ0) is 11.4. The van der Waals surface area contributed by atoms with Crippen molar-refractivity contribution in [1.29, 1.82) is 0 Å². The number of nitrogens with zero attached hydrogens (tertiary/aromatic N) is 1. The van der Waals surface area contributed by atoms with Crippen LogP contribution in [0, 0.1) is 10.1 Å². The van der Waals surface area contributed by atoms with Crippen LogP contribution in [0.3, 0.4) is 0 Å². The molecule has 0 saturated carbocycles. The summed E-state index contributed by atoms with van der Waals surface area (Å²) in [6, 6.07) is 0. The van der Waals surface area contributed by atoms with Gasteiger partial charge in [-0.2, -0.15) is 0 Å². The molecule has 0 aliphatic heterocycles. The lowest BCUT2D eigenvalue weighted by molar-refractivity contribution is -0.596. The van der Waals surface area contributed by atoms with E-state index < -0.39 is 41.9 Å². The van der Waals surface area contributed by atoms with Crippen molar-refractivity contribution in [2.75, 3.05) is 25.8 Å². The van der Waals surface area contributed by atoms with Crippen LogP contribution < -0.4 is 0 Å². The maximum atomic E-state index is 13.6. The molecule has 0 rings (SSSR count). The predicted octanol–water partition coefficient (Wildman–Crippen LogP) is -0.0969. The Bertz CT molecular complexity index is 208. The fraction of sp³-hybridized carbons (Fsp3) is 1.00. The Morgan fingerprint density at radius 2 is 1.86 bits per heavy atom. The van der Waals surface area contributed by atoms with Gasteiger partial charge in [0.1, 0.15) is 19.9 Å². The van der Waals surface area contributed by atoms with Gasteiger partial charge < -0.3 is 10.2 Å². The first-order valence-corrected chi connectivity index (χ1v) is 4.14. The summed E-state index contributed by atoms with van der Waals surface area (Å²) in [6.07, 6.45) is 0. The van der Waals surface area contributed by atoms with Crippen LogP contribution >= 0.6 is 11.6 Å². The average Bonchev–Trinajstić information content (AvgIpc) is 2.19. The molecule has 0 aromatic heterocycles. The van der Waals surface area contributed by atoms with Gasteiger partial charge in [-0.25, -0.2) is 8.78 Å². The molecular formula is C6H10ClF2NO4. The third-order valence-corrected chi connectivity index (χ3v) is 2.55. The molecule has 0 heterocycles. The van der Waals surface area contributed by atoms with Gasteiger partial charge in [0.2, 0.25) is 5.67 Å². The van der Waals surface area contributed by atoms with Crippen LogP contribution in [-0.2, 0) is 0 Å².